The van der Waals surface area contributed by atoms with Crippen LogP contribution < -0.4 is 0 Å². The van der Waals surface area contributed by atoms with Crippen LogP contribution >= 0.6 is 0 Å². The maximum Gasteiger partial charge on any atom is 0.183 e. The summed E-state index contributed by atoms with van der Waals surface area (Å²) in [5, 5.41) is 8.86. The van der Waals surface area contributed by atoms with Gasteiger partial charge in [-0.1, -0.05) is 0 Å². The monoisotopic (exact) mass is 291 g/mol. The van der Waals surface area contributed by atoms with Crippen molar-refractivity contribution in [2.45, 2.75) is 13.8 Å². The second-order valence-electron chi connectivity index (χ2n) is 4.99. The molecule has 0 aromatic carbocycles. The third kappa shape index (κ3) is 1.86. The van der Waals surface area contributed by atoms with Gasteiger partial charge < -0.3 is 0 Å². The van der Waals surface area contributed by atoms with Crippen molar-refractivity contribution in [2.75, 3.05) is 0 Å². The summed E-state index contributed by atoms with van der Waals surface area (Å²) >= 11 is 0. The number of imidazole rings is 1. The lowest BCUT2D eigenvalue weighted by atomic mass is 10.2. The third-order valence-corrected chi connectivity index (χ3v) is 3.44. The van der Waals surface area contributed by atoms with Gasteiger partial charge in [0.25, 0.3) is 0 Å². The average Bonchev–Trinajstić information content (AvgIpc) is 3.11. The summed E-state index contributed by atoms with van der Waals surface area (Å²) in [4.78, 5) is 13.0. The molecule has 0 aliphatic carbocycles. The number of aromatic nitrogens is 7. The summed E-state index contributed by atoms with van der Waals surface area (Å²) in [7, 11) is 0. The van der Waals surface area contributed by atoms with Gasteiger partial charge in [0.15, 0.2) is 11.5 Å². The maximum atomic E-state index is 4.55. The molecule has 4 aromatic heterocycles. The van der Waals surface area contributed by atoms with Crippen LogP contribution in [0.25, 0.3) is 22.9 Å². The van der Waals surface area contributed by atoms with E-state index < -0.39 is 0 Å². The van der Waals surface area contributed by atoms with E-state index in [2.05, 4.69) is 25.1 Å². The fourth-order valence-electron chi connectivity index (χ4n) is 2.43. The molecular formula is C15H13N7. The molecule has 22 heavy (non-hydrogen) atoms. The van der Waals surface area contributed by atoms with Crippen molar-refractivity contribution in [3.63, 3.8) is 0 Å². The number of aryl methyl sites for hydroxylation is 2. The zero-order valence-electron chi connectivity index (χ0n) is 12.2. The molecule has 0 bridgehead atoms. The van der Waals surface area contributed by atoms with Gasteiger partial charge in [0.05, 0.1) is 11.9 Å². The summed E-state index contributed by atoms with van der Waals surface area (Å²) in [6.45, 7) is 3.86. The predicted molar refractivity (Wildman–Crippen MR) is 80.6 cm³/mol. The van der Waals surface area contributed by atoms with Gasteiger partial charge in [-0.3, -0.25) is 4.98 Å². The Hall–Kier alpha value is -3.09. The Bertz CT molecular complexity index is 967. The zero-order valence-corrected chi connectivity index (χ0v) is 12.2. The van der Waals surface area contributed by atoms with Gasteiger partial charge in [0.2, 0.25) is 0 Å². The highest BCUT2D eigenvalue weighted by atomic mass is 15.4. The van der Waals surface area contributed by atoms with Crippen LogP contribution in [0, 0.1) is 13.8 Å². The Morgan fingerprint density at radius 1 is 1.05 bits per heavy atom. The normalized spacial score (nSPS) is 11.2. The molecule has 108 valence electrons. The fraction of sp³-hybridized carbons (Fsp3) is 0.133. The summed E-state index contributed by atoms with van der Waals surface area (Å²) in [5.74, 6) is 1.40. The van der Waals surface area contributed by atoms with Crippen LogP contribution in [0.15, 0.2) is 43.0 Å². The number of pyridine rings is 1. The van der Waals surface area contributed by atoms with E-state index in [-0.39, 0.29) is 0 Å². The molecule has 0 spiro atoms. The number of nitrogens with zero attached hydrogens (tertiary/aromatic N) is 7. The van der Waals surface area contributed by atoms with E-state index in [1.54, 1.807) is 23.1 Å². The van der Waals surface area contributed by atoms with E-state index in [9.17, 15) is 0 Å². The van der Waals surface area contributed by atoms with E-state index in [1.807, 2.05) is 42.9 Å². The van der Waals surface area contributed by atoms with Crippen molar-refractivity contribution < 1.29 is 0 Å². The topological polar surface area (TPSA) is 73.8 Å². The van der Waals surface area contributed by atoms with E-state index >= 15 is 0 Å². The Morgan fingerprint density at radius 2 is 1.95 bits per heavy atom. The number of hydrogen-bond donors (Lipinski definition) is 0. The first kappa shape index (κ1) is 12.6. The summed E-state index contributed by atoms with van der Waals surface area (Å²) in [6, 6.07) is 5.68. The smallest absolute Gasteiger partial charge is 0.183 e. The predicted octanol–water partition coefficient (Wildman–Crippen LogP) is 1.99. The summed E-state index contributed by atoms with van der Waals surface area (Å²) in [5.41, 5.74) is 3.54. The van der Waals surface area contributed by atoms with Crippen LogP contribution in [0.2, 0.25) is 0 Å². The van der Waals surface area contributed by atoms with E-state index in [0.717, 1.165) is 22.6 Å². The molecule has 0 aliphatic rings. The minimum absolute atomic E-state index is 0.692. The maximum absolute atomic E-state index is 4.55. The van der Waals surface area contributed by atoms with E-state index in [1.165, 1.54) is 0 Å². The highest BCUT2D eigenvalue weighted by Crippen LogP contribution is 2.22. The lowest BCUT2D eigenvalue weighted by Crippen LogP contribution is -2.04. The molecule has 0 saturated carbocycles. The van der Waals surface area contributed by atoms with Crippen molar-refractivity contribution in [1.82, 2.24) is 34.3 Å². The van der Waals surface area contributed by atoms with Crippen molar-refractivity contribution >= 4 is 5.65 Å². The zero-order chi connectivity index (χ0) is 15.1. The van der Waals surface area contributed by atoms with Crippen LogP contribution in [-0.2, 0) is 0 Å². The van der Waals surface area contributed by atoms with Gasteiger partial charge in [0.1, 0.15) is 11.5 Å². The van der Waals surface area contributed by atoms with Crippen molar-refractivity contribution in [2.24, 2.45) is 0 Å². The number of hydrogen-bond acceptors (Lipinski definition) is 5. The van der Waals surface area contributed by atoms with E-state index in [0.29, 0.717) is 11.6 Å². The lowest BCUT2D eigenvalue weighted by molar-refractivity contribution is 0.845. The highest BCUT2D eigenvalue weighted by Gasteiger charge is 2.17. The molecule has 7 heteroatoms. The average molecular weight is 291 g/mol. The van der Waals surface area contributed by atoms with Gasteiger partial charge in [-0.05, 0) is 37.6 Å². The lowest BCUT2D eigenvalue weighted by Gasteiger charge is -2.07. The van der Waals surface area contributed by atoms with Crippen molar-refractivity contribution in [3.05, 3.63) is 54.4 Å². The van der Waals surface area contributed by atoms with Gasteiger partial charge >= 0.3 is 0 Å². The Labute approximate surface area is 126 Å². The van der Waals surface area contributed by atoms with Gasteiger partial charge in [-0.25, -0.2) is 19.2 Å². The van der Waals surface area contributed by atoms with Crippen LogP contribution in [0.1, 0.15) is 11.4 Å². The minimum atomic E-state index is 0.692. The van der Waals surface area contributed by atoms with Gasteiger partial charge in [-0.15, -0.1) is 0 Å². The Kier molecular flexibility index (Phi) is 2.72. The minimum Gasteiger partial charge on any atom is -0.264 e. The van der Waals surface area contributed by atoms with Gasteiger partial charge in [0, 0.05) is 18.6 Å². The van der Waals surface area contributed by atoms with Crippen molar-refractivity contribution in [1.29, 1.82) is 0 Å². The molecular weight excluding hydrogens is 278 g/mol. The molecule has 0 N–H and O–H groups in total. The largest absolute Gasteiger partial charge is 0.264 e. The first-order valence-corrected chi connectivity index (χ1v) is 6.88. The molecule has 7 nitrogen and oxygen atoms in total. The number of rotatable bonds is 2. The first-order valence-electron chi connectivity index (χ1n) is 6.88. The molecule has 0 unspecified atom stereocenters. The third-order valence-electron chi connectivity index (χ3n) is 3.44. The second-order valence-corrected chi connectivity index (χ2v) is 4.99. The fourth-order valence-corrected chi connectivity index (χ4v) is 2.43. The second kappa shape index (κ2) is 4.73. The van der Waals surface area contributed by atoms with Crippen LogP contribution in [0.4, 0.5) is 0 Å². The molecule has 0 fully saturated rings. The summed E-state index contributed by atoms with van der Waals surface area (Å²) in [6.07, 6.45) is 7.04. The first-order chi connectivity index (χ1) is 10.7. The number of fused-ring (bicyclic) bond motifs is 1. The van der Waals surface area contributed by atoms with E-state index in [4.69, 9.17) is 0 Å². The van der Waals surface area contributed by atoms with Crippen LogP contribution in [0.3, 0.4) is 0 Å². The molecule has 0 radical (unpaired) electrons. The molecule has 4 heterocycles. The molecule has 4 rings (SSSR count). The molecule has 0 saturated heterocycles. The van der Waals surface area contributed by atoms with Crippen LogP contribution in [0.5, 0.6) is 0 Å². The Balaban J connectivity index is 1.99. The van der Waals surface area contributed by atoms with Gasteiger partial charge in [-0.2, -0.15) is 10.2 Å². The molecule has 0 atom stereocenters. The Morgan fingerprint density at radius 3 is 2.82 bits per heavy atom. The standard InChI is InChI=1S/C15H13N7/c1-10-8-16-7-5-12(10)22-15(19-11(2)20-22)13-9-17-14-4-3-6-18-21(13)14/h3-9H,1-2H3. The van der Waals surface area contributed by atoms with Crippen molar-refractivity contribution in [3.8, 4) is 17.2 Å². The highest BCUT2D eigenvalue weighted by molar-refractivity contribution is 5.58. The molecule has 4 aromatic rings. The summed E-state index contributed by atoms with van der Waals surface area (Å²) < 4.78 is 3.57. The molecule has 0 aliphatic heterocycles. The quantitative estimate of drug-likeness (QED) is 0.564. The molecule has 0 amide bonds. The van der Waals surface area contributed by atoms with Crippen LogP contribution in [-0.4, -0.2) is 34.3 Å². The SMILES string of the molecule is Cc1nc(-c2cnc3cccnn23)n(-c2ccncc2C)n1.